The zero-order valence-corrected chi connectivity index (χ0v) is 17.1. The van der Waals surface area contributed by atoms with E-state index < -0.39 is 5.63 Å². The van der Waals surface area contributed by atoms with Crippen LogP contribution in [0.1, 0.15) is 28.7 Å². The molecule has 148 valence electrons. The highest BCUT2D eigenvalue weighted by molar-refractivity contribution is 6.33. The predicted octanol–water partition coefficient (Wildman–Crippen LogP) is 5.69. The van der Waals surface area contributed by atoms with Crippen molar-refractivity contribution in [2.75, 3.05) is 5.32 Å². The van der Waals surface area contributed by atoms with E-state index in [0.717, 1.165) is 27.5 Å². The van der Waals surface area contributed by atoms with Gasteiger partial charge in [0.25, 0.3) is 0 Å². The number of nitrogens with one attached hydrogen (secondary N) is 1. The molecule has 0 atom stereocenters. The molecule has 0 spiro atoms. The van der Waals surface area contributed by atoms with Gasteiger partial charge in [0.2, 0.25) is 5.91 Å². The minimum atomic E-state index is -0.432. The monoisotopic (exact) mass is 409 g/mol. The van der Waals surface area contributed by atoms with Gasteiger partial charge in [0.15, 0.2) is 0 Å². The quantitative estimate of drug-likeness (QED) is 0.439. The van der Waals surface area contributed by atoms with Crippen molar-refractivity contribution >= 4 is 45.1 Å². The van der Waals surface area contributed by atoms with Crippen molar-refractivity contribution in [2.45, 2.75) is 33.6 Å². The average Bonchev–Trinajstić information content (AvgIpc) is 3.02. The molecule has 2 aromatic heterocycles. The van der Waals surface area contributed by atoms with Gasteiger partial charge >= 0.3 is 5.63 Å². The second-order valence-corrected chi connectivity index (χ2v) is 7.69. The zero-order chi connectivity index (χ0) is 20.7. The van der Waals surface area contributed by atoms with Gasteiger partial charge in [-0.2, -0.15) is 0 Å². The summed E-state index contributed by atoms with van der Waals surface area (Å²) in [4.78, 5) is 24.9. The van der Waals surface area contributed by atoms with Crippen molar-refractivity contribution < 1.29 is 13.6 Å². The van der Waals surface area contributed by atoms with Crippen LogP contribution in [0.25, 0.3) is 21.9 Å². The molecule has 0 saturated carbocycles. The molecule has 2 aromatic carbocycles. The van der Waals surface area contributed by atoms with E-state index in [4.69, 9.17) is 20.4 Å². The molecule has 2 heterocycles. The maximum Gasteiger partial charge on any atom is 0.339 e. The Labute approximate surface area is 172 Å². The van der Waals surface area contributed by atoms with Gasteiger partial charge in [-0.15, -0.1) is 0 Å². The van der Waals surface area contributed by atoms with Crippen LogP contribution in [0.15, 0.2) is 50.2 Å². The fourth-order valence-corrected chi connectivity index (χ4v) is 3.78. The van der Waals surface area contributed by atoms with Gasteiger partial charge in [-0.05, 0) is 62.1 Å². The van der Waals surface area contributed by atoms with Gasteiger partial charge in [0.1, 0.15) is 11.2 Å². The standard InChI is InChI=1S/C23H20ClNO4/c1-12-4-6-19(18(24)8-12)25-22(26)7-5-15-14(3)17-9-16-13(2)11-28-20(16)10-21(17)29-23(15)27/h4,6,8-11H,5,7H2,1-3H3,(H,25,26). The number of hydrogen-bond acceptors (Lipinski definition) is 4. The number of aryl methyl sites for hydroxylation is 3. The molecule has 4 rings (SSSR count). The SMILES string of the molecule is Cc1ccc(NC(=O)CCc2c(C)c3cc4c(C)coc4cc3oc2=O)c(Cl)c1. The van der Waals surface area contributed by atoms with Gasteiger partial charge in [0.05, 0.1) is 17.0 Å². The van der Waals surface area contributed by atoms with E-state index in [0.29, 0.717) is 27.4 Å². The molecule has 0 radical (unpaired) electrons. The molecule has 29 heavy (non-hydrogen) atoms. The first-order chi connectivity index (χ1) is 13.8. The summed E-state index contributed by atoms with van der Waals surface area (Å²) in [6, 6.07) is 9.14. The lowest BCUT2D eigenvalue weighted by Gasteiger charge is -2.10. The molecular weight excluding hydrogens is 390 g/mol. The summed E-state index contributed by atoms with van der Waals surface area (Å²) in [5, 5.41) is 5.11. The topological polar surface area (TPSA) is 72.5 Å². The largest absolute Gasteiger partial charge is 0.464 e. The molecule has 0 saturated heterocycles. The van der Waals surface area contributed by atoms with Crippen LogP contribution in [-0.2, 0) is 11.2 Å². The van der Waals surface area contributed by atoms with E-state index in [-0.39, 0.29) is 18.7 Å². The van der Waals surface area contributed by atoms with E-state index in [1.165, 1.54) is 0 Å². The predicted molar refractivity (Wildman–Crippen MR) is 115 cm³/mol. The van der Waals surface area contributed by atoms with Crippen LogP contribution < -0.4 is 10.9 Å². The lowest BCUT2D eigenvalue weighted by molar-refractivity contribution is -0.116. The van der Waals surface area contributed by atoms with Crippen LogP contribution in [0.3, 0.4) is 0 Å². The molecule has 0 fully saturated rings. The van der Waals surface area contributed by atoms with Crippen LogP contribution in [0.5, 0.6) is 0 Å². The number of halogens is 1. The highest BCUT2D eigenvalue weighted by atomic mass is 35.5. The first kappa shape index (κ1) is 19.3. The summed E-state index contributed by atoms with van der Waals surface area (Å²) in [5.74, 6) is -0.212. The number of hydrogen-bond donors (Lipinski definition) is 1. The molecule has 0 unspecified atom stereocenters. The van der Waals surface area contributed by atoms with Crippen molar-refractivity contribution in [2.24, 2.45) is 0 Å². The molecule has 6 heteroatoms. The van der Waals surface area contributed by atoms with Gasteiger partial charge in [-0.3, -0.25) is 4.79 Å². The fraction of sp³-hybridized carbons (Fsp3) is 0.217. The van der Waals surface area contributed by atoms with Crippen molar-refractivity contribution in [1.82, 2.24) is 0 Å². The lowest BCUT2D eigenvalue weighted by atomic mass is 10.0. The van der Waals surface area contributed by atoms with Gasteiger partial charge in [-0.25, -0.2) is 4.79 Å². The van der Waals surface area contributed by atoms with E-state index in [1.54, 1.807) is 24.5 Å². The van der Waals surface area contributed by atoms with Crippen LogP contribution in [-0.4, -0.2) is 5.91 Å². The lowest BCUT2D eigenvalue weighted by Crippen LogP contribution is -2.16. The van der Waals surface area contributed by atoms with Crippen LogP contribution in [0.4, 0.5) is 5.69 Å². The summed E-state index contributed by atoms with van der Waals surface area (Å²) in [6.07, 6.45) is 2.11. The maximum absolute atomic E-state index is 12.5. The first-order valence-corrected chi connectivity index (χ1v) is 9.71. The highest BCUT2D eigenvalue weighted by Gasteiger charge is 2.16. The second kappa shape index (κ2) is 7.41. The Hall–Kier alpha value is -3.05. The third-order valence-electron chi connectivity index (χ3n) is 5.18. The molecule has 0 aliphatic carbocycles. The zero-order valence-electron chi connectivity index (χ0n) is 16.4. The van der Waals surface area contributed by atoms with Gasteiger partial charge in [0, 0.05) is 28.8 Å². The van der Waals surface area contributed by atoms with Crippen LogP contribution in [0, 0.1) is 20.8 Å². The van der Waals surface area contributed by atoms with Crippen molar-refractivity contribution in [3.8, 4) is 0 Å². The summed E-state index contributed by atoms with van der Waals surface area (Å²) in [6.45, 7) is 5.77. The number of amides is 1. The van der Waals surface area contributed by atoms with E-state index in [9.17, 15) is 9.59 Å². The number of benzene rings is 2. The number of carbonyl (C=O) groups is 1. The third-order valence-corrected chi connectivity index (χ3v) is 5.49. The molecule has 5 nitrogen and oxygen atoms in total. The summed E-state index contributed by atoms with van der Waals surface area (Å²) < 4.78 is 11.0. The Balaban J connectivity index is 1.60. The first-order valence-electron chi connectivity index (χ1n) is 9.33. The van der Waals surface area contributed by atoms with Crippen LogP contribution in [0.2, 0.25) is 5.02 Å². The van der Waals surface area contributed by atoms with Crippen molar-refractivity contribution in [1.29, 1.82) is 0 Å². The highest BCUT2D eigenvalue weighted by Crippen LogP contribution is 2.29. The molecular formula is C23H20ClNO4. The van der Waals surface area contributed by atoms with Gasteiger partial charge in [-0.1, -0.05) is 17.7 Å². The molecule has 1 N–H and O–H groups in total. The molecule has 0 bridgehead atoms. The average molecular weight is 410 g/mol. The summed E-state index contributed by atoms with van der Waals surface area (Å²) in [7, 11) is 0. The maximum atomic E-state index is 12.5. The Bertz CT molecular complexity index is 1320. The minimum absolute atomic E-state index is 0.147. The van der Waals surface area contributed by atoms with E-state index in [2.05, 4.69) is 5.32 Å². The van der Waals surface area contributed by atoms with Crippen molar-refractivity contribution in [3.63, 3.8) is 0 Å². The molecule has 1 amide bonds. The number of rotatable bonds is 4. The summed E-state index contributed by atoms with van der Waals surface area (Å²) >= 11 is 6.17. The molecule has 0 aliphatic heterocycles. The molecule has 0 aliphatic rings. The Morgan fingerprint density at radius 2 is 1.86 bits per heavy atom. The number of anilines is 1. The number of fused-ring (bicyclic) bond motifs is 2. The fourth-order valence-electron chi connectivity index (χ4n) is 3.50. The smallest absolute Gasteiger partial charge is 0.339 e. The second-order valence-electron chi connectivity index (χ2n) is 7.29. The minimum Gasteiger partial charge on any atom is -0.464 e. The number of furan rings is 1. The molecule has 4 aromatic rings. The van der Waals surface area contributed by atoms with E-state index in [1.807, 2.05) is 32.9 Å². The van der Waals surface area contributed by atoms with Crippen molar-refractivity contribution in [3.05, 3.63) is 74.3 Å². The third kappa shape index (κ3) is 3.66. The number of carbonyl (C=O) groups excluding carboxylic acids is 1. The van der Waals surface area contributed by atoms with E-state index >= 15 is 0 Å². The van der Waals surface area contributed by atoms with Crippen LogP contribution >= 0.6 is 11.6 Å². The summed E-state index contributed by atoms with van der Waals surface area (Å²) in [5.41, 5.74) is 4.64. The van der Waals surface area contributed by atoms with Gasteiger partial charge < -0.3 is 14.2 Å². The Morgan fingerprint density at radius 3 is 2.62 bits per heavy atom. The Morgan fingerprint density at radius 1 is 1.07 bits per heavy atom. The Kier molecular flexibility index (Phi) is 4.92. The normalized spacial score (nSPS) is 11.3.